The number of hydrazone groups is 1. The first kappa shape index (κ1) is 25.8. The summed E-state index contributed by atoms with van der Waals surface area (Å²) in [5.41, 5.74) is 0.809. The van der Waals surface area contributed by atoms with Crippen molar-refractivity contribution in [3.05, 3.63) is 65.2 Å². The number of amides is 2. The molecule has 2 aromatic carbocycles. The lowest BCUT2D eigenvalue weighted by atomic mass is 10.1. The topological polar surface area (TPSA) is 131 Å². The Morgan fingerprint density at radius 2 is 1.50 bits per heavy atom. The average Bonchev–Trinajstić information content (AvgIpc) is 3.04. The van der Waals surface area contributed by atoms with E-state index < -0.39 is 40.9 Å². The van der Waals surface area contributed by atoms with Crippen LogP contribution in [0.15, 0.2) is 58.5 Å². The minimum absolute atomic E-state index is 0.0458. The van der Waals surface area contributed by atoms with Crippen LogP contribution >= 0.6 is 7.60 Å². The van der Waals surface area contributed by atoms with Crippen molar-refractivity contribution >= 4 is 34.9 Å². The van der Waals surface area contributed by atoms with E-state index in [4.69, 9.17) is 9.05 Å². The van der Waals surface area contributed by atoms with Crippen LogP contribution in [0.5, 0.6) is 0 Å². The Bertz CT molecular complexity index is 1230. The van der Waals surface area contributed by atoms with E-state index in [9.17, 15) is 22.6 Å². The molecule has 10 nitrogen and oxygen atoms in total. The molecule has 0 saturated heterocycles. The summed E-state index contributed by atoms with van der Waals surface area (Å²) in [7, 11) is -8.35. The Kier molecular flexibility index (Phi) is 7.72. The zero-order valence-corrected chi connectivity index (χ0v) is 20.9. The Hall–Kier alpha value is -2.85. The van der Waals surface area contributed by atoms with Gasteiger partial charge in [-0.25, -0.2) is 0 Å². The van der Waals surface area contributed by atoms with Crippen molar-refractivity contribution in [2.24, 2.45) is 5.10 Å². The van der Waals surface area contributed by atoms with Crippen LogP contribution in [0.3, 0.4) is 0 Å². The lowest BCUT2D eigenvalue weighted by Gasteiger charge is -2.28. The first-order valence-electron chi connectivity index (χ1n) is 10.6. The molecule has 0 bridgehead atoms. The van der Waals surface area contributed by atoms with Gasteiger partial charge in [-0.1, -0.05) is 29.8 Å². The highest BCUT2D eigenvalue weighted by molar-refractivity contribution is 7.89. The standard InChI is InChI=1S/C22H26N3O7PS/c1-5-31-33(28,32-6-2)20(23-24-34(29,30)17-13-11-15(3)12-14-17)16(4)25-21(26)18-9-7-8-10-19(18)22(25)27/h7-14,16,24H,5-6H2,1-4H3/b23-20-/t16-/m0/s1. The molecule has 3 rings (SSSR count). The van der Waals surface area contributed by atoms with E-state index in [1.807, 2.05) is 6.92 Å². The number of imide groups is 1. The zero-order chi connectivity index (χ0) is 25.1. The fourth-order valence-electron chi connectivity index (χ4n) is 3.45. The van der Waals surface area contributed by atoms with E-state index in [0.717, 1.165) is 10.5 Å². The van der Waals surface area contributed by atoms with Gasteiger partial charge in [0.15, 0.2) is 5.45 Å². The Labute approximate surface area is 198 Å². The molecule has 182 valence electrons. The first-order valence-corrected chi connectivity index (χ1v) is 13.6. The number of nitrogens with one attached hydrogen (secondary N) is 1. The van der Waals surface area contributed by atoms with Gasteiger partial charge < -0.3 is 9.05 Å². The molecular formula is C22H26N3O7PS. The fraction of sp³-hybridized carbons (Fsp3) is 0.318. The van der Waals surface area contributed by atoms with E-state index in [1.54, 1.807) is 38.1 Å². The summed E-state index contributed by atoms with van der Waals surface area (Å²) in [5, 5.41) is 3.90. The van der Waals surface area contributed by atoms with Gasteiger partial charge in [0, 0.05) is 0 Å². The van der Waals surface area contributed by atoms with Crippen LogP contribution < -0.4 is 4.83 Å². The monoisotopic (exact) mass is 507 g/mol. The molecule has 0 aliphatic carbocycles. The minimum Gasteiger partial charge on any atom is -0.305 e. The molecule has 0 radical (unpaired) electrons. The van der Waals surface area contributed by atoms with Crippen LogP contribution in [0.2, 0.25) is 0 Å². The summed E-state index contributed by atoms with van der Waals surface area (Å²) < 4.78 is 50.0. The summed E-state index contributed by atoms with van der Waals surface area (Å²) in [6.07, 6.45) is 0. The summed E-state index contributed by atoms with van der Waals surface area (Å²) in [4.78, 5) is 28.8. The molecule has 0 saturated carbocycles. The Morgan fingerprint density at radius 1 is 1.00 bits per heavy atom. The van der Waals surface area contributed by atoms with Crippen molar-refractivity contribution in [1.29, 1.82) is 0 Å². The molecule has 0 unspecified atom stereocenters. The van der Waals surface area contributed by atoms with Crippen molar-refractivity contribution < 1.29 is 31.6 Å². The molecule has 0 spiro atoms. The lowest BCUT2D eigenvalue weighted by molar-refractivity contribution is 0.0635. The second-order valence-corrected chi connectivity index (χ2v) is 11.0. The summed E-state index contributed by atoms with van der Waals surface area (Å²) in [6.45, 7) is 6.28. The fourth-order valence-corrected chi connectivity index (χ4v) is 6.10. The molecule has 34 heavy (non-hydrogen) atoms. The van der Waals surface area contributed by atoms with E-state index in [1.165, 1.54) is 31.2 Å². The maximum Gasteiger partial charge on any atom is 0.379 e. The number of carbonyl (C=O) groups excluding carboxylic acids is 2. The van der Waals surface area contributed by atoms with Crippen molar-refractivity contribution in [2.45, 2.75) is 38.6 Å². The summed E-state index contributed by atoms with van der Waals surface area (Å²) in [6, 6.07) is 11.0. The molecule has 2 aromatic rings. The minimum atomic E-state index is -4.19. The molecule has 1 aliphatic heterocycles. The van der Waals surface area contributed by atoms with Crippen LogP contribution in [0.1, 0.15) is 47.1 Å². The third-order valence-corrected chi connectivity index (χ3v) is 8.53. The van der Waals surface area contributed by atoms with Crippen molar-refractivity contribution in [3.63, 3.8) is 0 Å². The van der Waals surface area contributed by atoms with Crippen LogP contribution in [0, 0.1) is 6.92 Å². The van der Waals surface area contributed by atoms with Crippen molar-refractivity contribution in [1.82, 2.24) is 9.73 Å². The van der Waals surface area contributed by atoms with Crippen LogP contribution in [0.25, 0.3) is 0 Å². The van der Waals surface area contributed by atoms with Gasteiger partial charge in [0.25, 0.3) is 21.8 Å². The van der Waals surface area contributed by atoms with Crippen molar-refractivity contribution in [2.75, 3.05) is 13.2 Å². The molecule has 1 heterocycles. The number of fused-ring (bicyclic) bond motifs is 1. The number of sulfonamides is 1. The lowest BCUT2D eigenvalue weighted by Crippen LogP contribution is -2.44. The van der Waals surface area contributed by atoms with Gasteiger partial charge in [-0.3, -0.25) is 19.1 Å². The van der Waals surface area contributed by atoms with Crippen LogP contribution in [-0.2, 0) is 23.6 Å². The van der Waals surface area contributed by atoms with E-state index in [2.05, 4.69) is 9.93 Å². The molecule has 1 atom stereocenters. The predicted octanol–water partition coefficient (Wildman–Crippen LogP) is 3.54. The number of hydrogen-bond acceptors (Lipinski definition) is 8. The van der Waals surface area contributed by atoms with Gasteiger partial charge in [0.05, 0.1) is 35.3 Å². The molecular weight excluding hydrogens is 481 g/mol. The van der Waals surface area contributed by atoms with Crippen molar-refractivity contribution in [3.8, 4) is 0 Å². The van der Waals surface area contributed by atoms with Crippen LogP contribution in [-0.4, -0.2) is 49.8 Å². The van der Waals surface area contributed by atoms with Gasteiger partial charge in [-0.2, -0.15) is 18.4 Å². The number of carbonyl (C=O) groups is 2. The van der Waals surface area contributed by atoms with Gasteiger partial charge in [0.1, 0.15) is 0 Å². The predicted molar refractivity (Wildman–Crippen MR) is 126 cm³/mol. The Morgan fingerprint density at radius 3 is 1.97 bits per heavy atom. The molecule has 1 aliphatic rings. The smallest absolute Gasteiger partial charge is 0.305 e. The van der Waals surface area contributed by atoms with Gasteiger partial charge >= 0.3 is 7.60 Å². The number of benzene rings is 2. The highest BCUT2D eigenvalue weighted by atomic mass is 32.2. The van der Waals surface area contributed by atoms with E-state index in [-0.39, 0.29) is 29.2 Å². The normalized spacial score (nSPS) is 15.4. The second kappa shape index (κ2) is 10.2. The largest absolute Gasteiger partial charge is 0.379 e. The second-order valence-electron chi connectivity index (χ2n) is 7.41. The first-order chi connectivity index (χ1) is 16.1. The number of hydrogen-bond donors (Lipinski definition) is 1. The van der Waals surface area contributed by atoms with Gasteiger partial charge in [-0.15, -0.1) is 0 Å². The number of nitrogens with zero attached hydrogens (tertiary/aromatic N) is 2. The Balaban J connectivity index is 2.05. The third-order valence-electron chi connectivity index (χ3n) is 5.08. The SMILES string of the molecule is CCOP(=O)(OCC)/C(=N\NS(=O)(=O)c1ccc(C)cc1)[C@H](C)N1C(=O)c2ccccc2C1=O. The molecule has 1 N–H and O–H groups in total. The molecule has 0 aromatic heterocycles. The van der Waals surface area contributed by atoms with Gasteiger partial charge in [-0.05, 0) is 52.0 Å². The highest BCUT2D eigenvalue weighted by Crippen LogP contribution is 2.51. The molecule has 12 heteroatoms. The third kappa shape index (κ3) is 4.97. The van der Waals surface area contributed by atoms with E-state index in [0.29, 0.717) is 0 Å². The van der Waals surface area contributed by atoms with Gasteiger partial charge in [0.2, 0.25) is 0 Å². The number of aryl methyl sites for hydroxylation is 1. The highest BCUT2D eigenvalue weighted by Gasteiger charge is 2.46. The maximum absolute atomic E-state index is 13.6. The molecule has 2 amide bonds. The quantitative estimate of drug-likeness (QED) is 0.225. The average molecular weight is 508 g/mol. The maximum atomic E-state index is 13.6. The summed E-state index contributed by atoms with van der Waals surface area (Å²) in [5.74, 6) is -1.25. The zero-order valence-electron chi connectivity index (χ0n) is 19.2. The van der Waals surface area contributed by atoms with E-state index >= 15 is 0 Å². The molecule has 0 fully saturated rings. The summed E-state index contributed by atoms with van der Waals surface area (Å²) >= 11 is 0. The number of rotatable bonds is 10. The van der Waals surface area contributed by atoms with Crippen LogP contribution in [0.4, 0.5) is 0 Å².